The van der Waals surface area contributed by atoms with E-state index in [4.69, 9.17) is 0 Å². The largest absolute Gasteiger partial charge is 0.368 e. The highest BCUT2D eigenvalue weighted by molar-refractivity contribution is 6.01. The number of benzene rings is 2. The van der Waals surface area contributed by atoms with Crippen LogP contribution in [0.3, 0.4) is 0 Å². The van der Waals surface area contributed by atoms with Crippen LogP contribution < -0.4 is 0 Å². The van der Waals surface area contributed by atoms with Gasteiger partial charge in [0.05, 0.1) is 0 Å². The molecule has 2 aromatic rings. The predicted molar refractivity (Wildman–Crippen MR) is 67.2 cm³/mol. The zero-order valence-corrected chi connectivity index (χ0v) is 10.2. The molecule has 1 nitrogen and oxygen atoms in total. The van der Waals surface area contributed by atoms with Gasteiger partial charge in [-0.1, -0.05) is 54.6 Å². The SMILES string of the molecule is O=C(c1ccc(-c2ccccc2)cc1)C(F)(F)C(F)F. The maximum Gasteiger partial charge on any atom is 0.368 e. The fourth-order valence-electron chi connectivity index (χ4n) is 1.74. The zero-order chi connectivity index (χ0) is 14.8. The average molecular weight is 282 g/mol. The van der Waals surface area contributed by atoms with Gasteiger partial charge < -0.3 is 0 Å². The van der Waals surface area contributed by atoms with Crippen LogP contribution in [0.2, 0.25) is 0 Å². The van der Waals surface area contributed by atoms with Gasteiger partial charge in [-0.2, -0.15) is 8.78 Å². The van der Waals surface area contributed by atoms with E-state index in [1.807, 2.05) is 18.2 Å². The molecular weight excluding hydrogens is 272 g/mol. The third-order valence-electron chi connectivity index (χ3n) is 2.83. The molecule has 0 fully saturated rings. The normalized spacial score (nSPS) is 11.7. The molecule has 0 saturated carbocycles. The molecule has 0 unspecified atom stereocenters. The molecule has 0 aliphatic rings. The standard InChI is InChI=1S/C15H10F4O/c16-14(17)15(18,19)13(20)12-8-6-11(7-9-12)10-4-2-1-3-5-10/h1-9,14H. The number of hydrogen-bond acceptors (Lipinski definition) is 1. The smallest absolute Gasteiger partial charge is 0.287 e. The molecule has 0 aliphatic heterocycles. The lowest BCUT2D eigenvalue weighted by Gasteiger charge is -2.13. The van der Waals surface area contributed by atoms with E-state index in [2.05, 4.69) is 0 Å². The van der Waals surface area contributed by atoms with Crippen LogP contribution in [0.4, 0.5) is 17.6 Å². The van der Waals surface area contributed by atoms with Gasteiger partial charge in [-0.3, -0.25) is 4.79 Å². The molecule has 0 heterocycles. The highest BCUT2D eigenvalue weighted by Crippen LogP contribution is 2.28. The van der Waals surface area contributed by atoms with Crippen molar-refractivity contribution in [1.29, 1.82) is 0 Å². The number of rotatable bonds is 4. The van der Waals surface area contributed by atoms with Crippen molar-refractivity contribution in [3.05, 3.63) is 60.2 Å². The van der Waals surface area contributed by atoms with Gasteiger partial charge in [0.1, 0.15) is 0 Å². The lowest BCUT2D eigenvalue weighted by Crippen LogP contribution is -2.36. The fraction of sp³-hybridized carbons (Fsp3) is 0.133. The number of alkyl halides is 4. The van der Waals surface area contributed by atoms with E-state index in [-0.39, 0.29) is 0 Å². The van der Waals surface area contributed by atoms with Crippen LogP contribution in [0.5, 0.6) is 0 Å². The van der Waals surface area contributed by atoms with Crippen LogP contribution in [0.1, 0.15) is 10.4 Å². The van der Waals surface area contributed by atoms with Gasteiger partial charge in [0.25, 0.3) is 0 Å². The Morgan fingerprint density at radius 3 is 1.85 bits per heavy atom. The minimum absolute atomic E-state index is 0.435. The van der Waals surface area contributed by atoms with Gasteiger partial charge in [-0.05, 0) is 11.1 Å². The van der Waals surface area contributed by atoms with Gasteiger partial charge in [0.2, 0.25) is 5.78 Å². The summed E-state index contributed by atoms with van der Waals surface area (Å²) >= 11 is 0. The van der Waals surface area contributed by atoms with Crippen molar-refractivity contribution < 1.29 is 22.4 Å². The first-order valence-electron chi connectivity index (χ1n) is 5.79. The summed E-state index contributed by atoms with van der Waals surface area (Å²) in [4.78, 5) is 11.3. The molecule has 0 amide bonds. The minimum atomic E-state index is -4.66. The number of Topliss-reactive ketones (excluding diaryl/α,β-unsaturated/α-hetero) is 1. The van der Waals surface area contributed by atoms with Crippen LogP contribution in [0.25, 0.3) is 11.1 Å². The Hall–Kier alpha value is -2.17. The lowest BCUT2D eigenvalue weighted by atomic mass is 10.0. The summed E-state index contributed by atoms with van der Waals surface area (Å²) in [7, 11) is 0. The van der Waals surface area contributed by atoms with Gasteiger partial charge in [0.15, 0.2) is 0 Å². The van der Waals surface area contributed by atoms with E-state index < -0.39 is 23.7 Å². The summed E-state index contributed by atoms with van der Waals surface area (Å²) in [6, 6.07) is 14.2. The van der Waals surface area contributed by atoms with Gasteiger partial charge in [-0.15, -0.1) is 0 Å². The zero-order valence-electron chi connectivity index (χ0n) is 10.2. The van der Waals surface area contributed by atoms with Crippen molar-refractivity contribution >= 4 is 5.78 Å². The third-order valence-corrected chi connectivity index (χ3v) is 2.83. The summed E-state index contributed by atoms with van der Waals surface area (Å²) in [5.41, 5.74) is 1.12. The topological polar surface area (TPSA) is 17.1 Å². The van der Waals surface area contributed by atoms with Gasteiger partial charge in [0, 0.05) is 5.56 Å². The Balaban J connectivity index is 2.27. The van der Waals surface area contributed by atoms with Crippen LogP contribution in [-0.4, -0.2) is 18.1 Å². The molecule has 2 rings (SSSR count). The Morgan fingerprint density at radius 2 is 1.35 bits per heavy atom. The Labute approximate surface area is 112 Å². The number of ketones is 1. The molecule has 20 heavy (non-hydrogen) atoms. The second kappa shape index (κ2) is 5.45. The summed E-state index contributed by atoms with van der Waals surface area (Å²) in [6.45, 7) is 0. The van der Waals surface area contributed by atoms with Gasteiger partial charge >= 0.3 is 12.3 Å². The van der Waals surface area contributed by atoms with E-state index in [9.17, 15) is 22.4 Å². The Kier molecular flexibility index (Phi) is 3.88. The van der Waals surface area contributed by atoms with Crippen LogP contribution in [-0.2, 0) is 0 Å². The van der Waals surface area contributed by atoms with Crippen LogP contribution >= 0.6 is 0 Å². The molecule has 0 saturated heterocycles. The van der Waals surface area contributed by atoms with Crippen molar-refractivity contribution in [3.63, 3.8) is 0 Å². The monoisotopic (exact) mass is 282 g/mol. The fourth-order valence-corrected chi connectivity index (χ4v) is 1.74. The lowest BCUT2D eigenvalue weighted by molar-refractivity contribution is -0.0958. The van der Waals surface area contributed by atoms with Crippen molar-refractivity contribution in [1.82, 2.24) is 0 Å². The first-order valence-corrected chi connectivity index (χ1v) is 5.79. The first-order chi connectivity index (χ1) is 9.43. The van der Waals surface area contributed by atoms with Crippen LogP contribution in [0.15, 0.2) is 54.6 Å². The first kappa shape index (κ1) is 14.2. The van der Waals surface area contributed by atoms with E-state index >= 15 is 0 Å². The maximum atomic E-state index is 12.9. The number of halogens is 4. The molecule has 0 aromatic heterocycles. The van der Waals surface area contributed by atoms with Crippen LogP contribution in [0, 0.1) is 0 Å². The van der Waals surface area contributed by atoms with Gasteiger partial charge in [-0.25, -0.2) is 8.78 Å². The molecule has 0 N–H and O–H groups in total. The third kappa shape index (κ3) is 2.71. The number of hydrogen-bond donors (Lipinski definition) is 0. The second-order valence-electron chi connectivity index (χ2n) is 4.20. The average Bonchev–Trinajstić information content (AvgIpc) is 2.47. The molecule has 0 radical (unpaired) electrons. The van der Waals surface area contributed by atoms with E-state index in [1.165, 1.54) is 12.1 Å². The quantitative estimate of drug-likeness (QED) is 0.598. The number of carbonyl (C=O) groups is 1. The minimum Gasteiger partial charge on any atom is -0.287 e. The number of carbonyl (C=O) groups excluding carboxylic acids is 1. The molecule has 0 aliphatic carbocycles. The Bertz CT molecular complexity index is 591. The molecule has 0 spiro atoms. The molecule has 104 valence electrons. The summed E-state index contributed by atoms with van der Waals surface area (Å²) < 4.78 is 50.1. The van der Waals surface area contributed by atoms with E-state index in [0.29, 0.717) is 5.56 Å². The van der Waals surface area contributed by atoms with Crippen molar-refractivity contribution in [2.75, 3.05) is 0 Å². The second-order valence-corrected chi connectivity index (χ2v) is 4.20. The molecule has 0 atom stereocenters. The highest BCUT2D eigenvalue weighted by atomic mass is 19.3. The maximum absolute atomic E-state index is 12.9. The molecule has 2 aromatic carbocycles. The van der Waals surface area contributed by atoms with E-state index in [0.717, 1.165) is 17.7 Å². The van der Waals surface area contributed by atoms with Crippen molar-refractivity contribution in [3.8, 4) is 11.1 Å². The predicted octanol–water partition coefficient (Wildman–Crippen LogP) is 4.44. The summed E-state index contributed by atoms with van der Waals surface area (Å²) in [5.74, 6) is -6.53. The molecule has 0 bridgehead atoms. The highest BCUT2D eigenvalue weighted by Gasteiger charge is 2.48. The summed E-state index contributed by atoms with van der Waals surface area (Å²) in [5, 5.41) is 0. The Morgan fingerprint density at radius 1 is 0.850 bits per heavy atom. The molecule has 5 heteroatoms. The van der Waals surface area contributed by atoms with Crippen molar-refractivity contribution in [2.24, 2.45) is 0 Å². The molecular formula is C15H10F4O. The van der Waals surface area contributed by atoms with E-state index in [1.54, 1.807) is 12.1 Å². The van der Waals surface area contributed by atoms with Crippen molar-refractivity contribution in [2.45, 2.75) is 12.3 Å². The summed E-state index contributed by atoms with van der Waals surface area (Å²) in [6.07, 6.45) is -4.01.